The van der Waals surface area contributed by atoms with E-state index in [4.69, 9.17) is 4.74 Å². The summed E-state index contributed by atoms with van der Waals surface area (Å²) in [7, 11) is 1.74. The van der Waals surface area contributed by atoms with E-state index in [9.17, 15) is 4.79 Å². The van der Waals surface area contributed by atoms with Crippen molar-refractivity contribution < 1.29 is 9.53 Å². The first-order valence-electron chi connectivity index (χ1n) is 9.42. The van der Waals surface area contributed by atoms with E-state index in [2.05, 4.69) is 28.3 Å². The van der Waals surface area contributed by atoms with Crippen LogP contribution in [0.2, 0.25) is 0 Å². The number of aryl methyl sites for hydroxylation is 1. The van der Waals surface area contributed by atoms with E-state index < -0.39 is 5.60 Å². The van der Waals surface area contributed by atoms with E-state index in [1.54, 1.807) is 13.1 Å². The molecule has 1 aromatic rings. The van der Waals surface area contributed by atoms with E-state index >= 15 is 0 Å². The van der Waals surface area contributed by atoms with E-state index in [-0.39, 0.29) is 36.1 Å². The molecular weight excluding hydrogens is 467 g/mol. The number of halogens is 1. The number of carbonyl (C=O) groups is 1. The maximum atomic E-state index is 12.7. The first kappa shape index (κ1) is 24.3. The zero-order valence-electron chi connectivity index (χ0n) is 17.5. The smallest absolute Gasteiger partial charge is 0.415 e. The highest BCUT2D eigenvalue weighted by Crippen LogP contribution is 2.35. The van der Waals surface area contributed by atoms with Crippen LogP contribution in [-0.2, 0) is 11.3 Å². The Hall–Kier alpha value is -1.77. The second-order valence-corrected chi connectivity index (χ2v) is 7.80. The monoisotopic (exact) mass is 500 g/mol. The van der Waals surface area contributed by atoms with Crippen LogP contribution in [0.5, 0.6) is 0 Å². The average Bonchev–Trinajstić information content (AvgIpc) is 3.40. The van der Waals surface area contributed by atoms with Crippen LogP contribution in [0.25, 0.3) is 0 Å². The SMILES string of the molecule is C=CCNC(=NC)NCc1ccc(N(C(=O)OC(C)(C)C)C2CC2)c(C)c1.I. The summed E-state index contributed by atoms with van der Waals surface area (Å²) in [5.74, 6) is 0.727. The summed E-state index contributed by atoms with van der Waals surface area (Å²) in [5.41, 5.74) is 2.60. The van der Waals surface area contributed by atoms with Gasteiger partial charge in [-0.25, -0.2) is 4.79 Å². The van der Waals surface area contributed by atoms with E-state index in [0.29, 0.717) is 13.1 Å². The summed E-state index contributed by atoms with van der Waals surface area (Å²) in [6, 6.07) is 6.39. The Morgan fingerprint density at radius 1 is 1.36 bits per heavy atom. The number of rotatable bonds is 6. The number of nitrogens with one attached hydrogen (secondary N) is 2. The number of anilines is 1. The normalized spacial score (nSPS) is 14.0. The summed E-state index contributed by atoms with van der Waals surface area (Å²) in [6.45, 7) is 12.7. The fourth-order valence-electron chi connectivity index (χ4n) is 2.76. The molecule has 28 heavy (non-hydrogen) atoms. The van der Waals surface area contributed by atoms with Crippen molar-refractivity contribution in [2.45, 2.75) is 58.7 Å². The van der Waals surface area contributed by atoms with Crippen molar-refractivity contribution in [3.63, 3.8) is 0 Å². The van der Waals surface area contributed by atoms with Crippen molar-refractivity contribution in [3.05, 3.63) is 42.0 Å². The topological polar surface area (TPSA) is 66.0 Å². The molecule has 0 aliphatic heterocycles. The summed E-state index contributed by atoms with van der Waals surface area (Å²) in [6.07, 6.45) is 3.56. The second kappa shape index (κ2) is 10.7. The van der Waals surface area contributed by atoms with Gasteiger partial charge in [0, 0.05) is 26.2 Å². The second-order valence-electron chi connectivity index (χ2n) is 7.80. The fourth-order valence-corrected chi connectivity index (χ4v) is 2.76. The third-order valence-electron chi connectivity index (χ3n) is 4.12. The highest BCUT2D eigenvalue weighted by molar-refractivity contribution is 14.0. The van der Waals surface area contributed by atoms with Gasteiger partial charge in [0.15, 0.2) is 5.96 Å². The number of ether oxygens (including phenoxy) is 1. The molecule has 6 nitrogen and oxygen atoms in total. The molecule has 0 heterocycles. The van der Waals surface area contributed by atoms with Crippen LogP contribution in [0, 0.1) is 6.92 Å². The summed E-state index contributed by atoms with van der Waals surface area (Å²) < 4.78 is 5.61. The molecule has 1 saturated carbocycles. The number of aliphatic imine (C=N–C) groups is 1. The predicted octanol–water partition coefficient (Wildman–Crippen LogP) is 4.37. The molecule has 0 saturated heterocycles. The van der Waals surface area contributed by atoms with Crippen LogP contribution in [0.1, 0.15) is 44.7 Å². The van der Waals surface area contributed by atoms with Gasteiger partial charge in [0.2, 0.25) is 0 Å². The Morgan fingerprint density at radius 3 is 2.54 bits per heavy atom. The van der Waals surface area contributed by atoms with Crippen molar-refractivity contribution in [3.8, 4) is 0 Å². The van der Waals surface area contributed by atoms with Gasteiger partial charge in [0.05, 0.1) is 5.69 Å². The first-order valence-corrected chi connectivity index (χ1v) is 9.42. The standard InChI is InChI=1S/C21H32N4O2.HI/c1-7-12-23-19(22-6)24-14-16-8-11-18(15(2)13-16)25(17-9-10-17)20(26)27-21(3,4)5;/h7-8,11,13,17H,1,9-10,12,14H2,2-6H3,(H2,22,23,24);1H. The zero-order valence-corrected chi connectivity index (χ0v) is 19.9. The van der Waals surface area contributed by atoms with Crippen molar-refractivity contribution in [1.82, 2.24) is 10.6 Å². The largest absolute Gasteiger partial charge is 0.443 e. The van der Waals surface area contributed by atoms with Crippen molar-refractivity contribution in [1.29, 1.82) is 0 Å². The molecule has 0 bridgehead atoms. The lowest BCUT2D eigenvalue weighted by Gasteiger charge is -2.28. The number of benzene rings is 1. The molecule has 0 spiro atoms. The number of amides is 1. The molecule has 0 unspecified atom stereocenters. The Balaban J connectivity index is 0.00000392. The summed E-state index contributed by atoms with van der Waals surface area (Å²) in [4.78, 5) is 18.7. The molecule has 1 aliphatic rings. The van der Waals surface area contributed by atoms with Gasteiger partial charge in [-0.3, -0.25) is 9.89 Å². The summed E-state index contributed by atoms with van der Waals surface area (Å²) >= 11 is 0. The van der Waals surface area contributed by atoms with Crippen molar-refractivity contribution >= 4 is 41.7 Å². The maximum absolute atomic E-state index is 12.7. The van der Waals surface area contributed by atoms with Gasteiger partial charge in [0.25, 0.3) is 0 Å². The van der Waals surface area contributed by atoms with Crippen LogP contribution in [0.15, 0.2) is 35.8 Å². The lowest BCUT2D eigenvalue weighted by atomic mass is 10.1. The number of hydrogen-bond donors (Lipinski definition) is 2. The summed E-state index contributed by atoms with van der Waals surface area (Å²) in [5, 5.41) is 6.42. The maximum Gasteiger partial charge on any atom is 0.415 e. The third kappa shape index (κ3) is 7.33. The molecule has 1 aromatic carbocycles. The number of guanidine groups is 1. The molecule has 0 atom stereocenters. The quantitative estimate of drug-likeness (QED) is 0.264. The fraction of sp³-hybridized carbons (Fsp3) is 0.524. The van der Waals surface area contributed by atoms with E-state index in [1.165, 1.54) is 0 Å². The molecule has 0 aromatic heterocycles. The molecular formula is C21H33IN4O2. The minimum atomic E-state index is -0.504. The number of nitrogens with zero attached hydrogens (tertiary/aromatic N) is 2. The Kier molecular flexibility index (Phi) is 9.26. The molecule has 1 amide bonds. The number of hydrogen-bond acceptors (Lipinski definition) is 3. The highest BCUT2D eigenvalue weighted by Gasteiger charge is 2.37. The van der Waals surface area contributed by atoms with Gasteiger partial charge in [-0.1, -0.05) is 18.2 Å². The molecule has 2 N–H and O–H groups in total. The minimum Gasteiger partial charge on any atom is -0.443 e. The van der Waals surface area contributed by atoms with Gasteiger partial charge in [0.1, 0.15) is 5.60 Å². The van der Waals surface area contributed by atoms with E-state index in [0.717, 1.165) is 35.6 Å². The van der Waals surface area contributed by atoms with E-state index in [1.807, 2.05) is 44.7 Å². The number of carbonyl (C=O) groups excluding carboxylic acids is 1. The average molecular weight is 500 g/mol. The minimum absolute atomic E-state index is 0. The first-order chi connectivity index (χ1) is 12.7. The van der Waals surface area contributed by atoms with Crippen LogP contribution < -0.4 is 15.5 Å². The molecule has 1 aliphatic carbocycles. The zero-order chi connectivity index (χ0) is 20.0. The highest BCUT2D eigenvalue weighted by atomic mass is 127. The predicted molar refractivity (Wildman–Crippen MR) is 127 cm³/mol. The molecule has 2 rings (SSSR count). The van der Waals surface area contributed by atoms with Crippen molar-refractivity contribution in [2.75, 3.05) is 18.5 Å². The molecule has 156 valence electrons. The molecule has 0 radical (unpaired) electrons. The Morgan fingerprint density at radius 2 is 2.04 bits per heavy atom. The van der Waals surface area contributed by atoms with Crippen LogP contribution in [-0.4, -0.2) is 37.3 Å². The van der Waals surface area contributed by atoms with Crippen LogP contribution in [0.3, 0.4) is 0 Å². The Labute approximate surface area is 185 Å². The molecule has 7 heteroatoms. The van der Waals surface area contributed by atoms with Gasteiger partial charge < -0.3 is 15.4 Å². The van der Waals surface area contributed by atoms with Crippen LogP contribution >= 0.6 is 24.0 Å². The Bertz CT molecular complexity index is 709. The van der Waals surface area contributed by atoms with Gasteiger partial charge in [-0.15, -0.1) is 30.6 Å². The van der Waals surface area contributed by atoms with Gasteiger partial charge in [-0.05, 0) is 57.7 Å². The van der Waals surface area contributed by atoms with Crippen molar-refractivity contribution in [2.24, 2.45) is 4.99 Å². The van der Waals surface area contributed by atoms with Gasteiger partial charge in [-0.2, -0.15) is 0 Å². The van der Waals surface area contributed by atoms with Gasteiger partial charge >= 0.3 is 6.09 Å². The molecule has 1 fully saturated rings. The lowest BCUT2D eigenvalue weighted by molar-refractivity contribution is 0.0577. The van der Waals surface area contributed by atoms with Crippen LogP contribution in [0.4, 0.5) is 10.5 Å². The lowest BCUT2D eigenvalue weighted by Crippen LogP contribution is -2.39. The third-order valence-corrected chi connectivity index (χ3v) is 4.12.